The lowest BCUT2D eigenvalue weighted by atomic mass is 10.2. The van der Waals surface area contributed by atoms with Crippen molar-refractivity contribution in [2.75, 3.05) is 11.9 Å². The third-order valence-corrected chi connectivity index (χ3v) is 4.38. The van der Waals surface area contributed by atoms with E-state index in [2.05, 4.69) is 29.4 Å². The molecule has 0 spiro atoms. The average Bonchev–Trinajstić information content (AvgIpc) is 2.96. The van der Waals surface area contributed by atoms with Crippen molar-refractivity contribution < 1.29 is 9.53 Å². The molecule has 118 valence electrons. The van der Waals surface area contributed by atoms with Gasteiger partial charge in [-0.15, -0.1) is 0 Å². The zero-order valence-electron chi connectivity index (χ0n) is 12.9. The summed E-state index contributed by atoms with van der Waals surface area (Å²) in [5.41, 5.74) is 2.19. The number of para-hydroxylation sites is 1. The fourth-order valence-electron chi connectivity index (χ4n) is 2.20. The Kier molecular flexibility index (Phi) is 4.88. The van der Waals surface area contributed by atoms with E-state index < -0.39 is 0 Å². The second-order valence-electron chi connectivity index (χ2n) is 5.13. The van der Waals surface area contributed by atoms with Gasteiger partial charge in [0.2, 0.25) is 5.91 Å². The molecule has 0 unspecified atom stereocenters. The first-order valence-electron chi connectivity index (χ1n) is 7.62. The summed E-state index contributed by atoms with van der Waals surface area (Å²) in [6.07, 6.45) is 1.29. The van der Waals surface area contributed by atoms with Crippen LogP contribution in [-0.2, 0) is 11.2 Å². The van der Waals surface area contributed by atoms with Crippen LogP contribution in [0.3, 0.4) is 0 Å². The van der Waals surface area contributed by atoms with E-state index in [1.165, 1.54) is 16.9 Å². The van der Waals surface area contributed by atoms with E-state index in [-0.39, 0.29) is 5.91 Å². The number of benzene rings is 2. The number of carbonyl (C=O) groups is 1. The zero-order chi connectivity index (χ0) is 16.1. The summed E-state index contributed by atoms with van der Waals surface area (Å²) in [6, 6.07) is 15.7. The van der Waals surface area contributed by atoms with Crippen molar-refractivity contribution >= 4 is 32.6 Å². The van der Waals surface area contributed by atoms with E-state index in [0.717, 1.165) is 22.4 Å². The average molecular weight is 326 g/mol. The Morgan fingerprint density at radius 3 is 2.83 bits per heavy atom. The molecule has 0 saturated carbocycles. The summed E-state index contributed by atoms with van der Waals surface area (Å²) in [7, 11) is 0. The summed E-state index contributed by atoms with van der Waals surface area (Å²) in [5, 5.41) is 3.48. The number of nitrogens with one attached hydrogen (secondary N) is 1. The molecular weight excluding hydrogens is 308 g/mol. The highest BCUT2D eigenvalue weighted by Crippen LogP contribution is 2.27. The van der Waals surface area contributed by atoms with Gasteiger partial charge in [0, 0.05) is 0 Å². The molecule has 0 aliphatic heterocycles. The second kappa shape index (κ2) is 7.24. The van der Waals surface area contributed by atoms with Gasteiger partial charge >= 0.3 is 0 Å². The summed E-state index contributed by atoms with van der Waals surface area (Å²) in [4.78, 5) is 16.4. The predicted molar refractivity (Wildman–Crippen MR) is 94.2 cm³/mol. The first-order valence-corrected chi connectivity index (χ1v) is 8.43. The van der Waals surface area contributed by atoms with Crippen molar-refractivity contribution in [1.29, 1.82) is 0 Å². The van der Waals surface area contributed by atoms with Gasteiger partial charge in [-0.3, -0.25) is 4.79 Å². The second-order valence-corrected chi connectivity index (χ2v) is 6.16. The minimum absolute atomic E-state index is 0.0873. The molecule has 1 heterocycles. The Labute approximate surface area is 139 Å². The van der Waals surface area contributed by atoms with Crippen LogP contribution in [0.25, 0.3) is 10.2 Å². The lowest BCUT2D eigenvalue weighted by molar-refractivity contribution is -0.116. The third-order valence-electron chi connectivity index (χ3n) is 3.45. The number of carbonyl (C=O) groups excluding carboxylic acids is 1. The largest absolute Gasteiger partial charge is 0.493 e. The maximum Gasteiger partial charge on any atom is 0.229 e. The van der Waals surface area contributed by atoms with Gasteiger partial charge in [-0.05, 0) is 36.2 Å². The number of hydrogen-bond acceptors (Lipinski definition) is 4. The van der Waals surface area contributed by atoms with Crippen LogP contribution in [0.5, 0.6) is 5.75 Å². The fourth-order valence-corrected chi connectivity index (χ4v) is 3.15. The van der Waals surface area contributed by atoms with Crippen LogP contribution in [0.15, 0.2) is 48.5 Å². The van der Waals surface area contributed by atoms with Gasteiger partial charge in [-0.2, -0.15) is 0 Å². The minimum atomic E-state index is -0.0873. The van der Waals surface area contributed by atoms with Gasteiger partial charge < -0.3 is 10.1 Å². The monoisotopic (exact) mass is 326 g/mol. The molecule has 4 nitrogen and oxygen atoms in total. The number of thiazole rings is 1. The number of amides is 1. The van der Waals surface area contributed by atoms with E-state index >= 15 is 0 Å². The number of aryl methyl sites for hydroxylation is 1. The minimum Gasteiger partial charge on any atom is -0.493 e. The number of hydrogen-bond donors (Lipinski definition) is 1. The molecule has 0 bridgehead atoms. The molecule has 2 aromatic carbocycles. The molecule has 1 amide bonds. The normalized spacial score (nSPS) is 10.7. The molecule has 23 heavy (non-hydrogen) atoms. The number of rotatable bonds is 6. The molecule has 0 aliphatic rings. The van der Waals surface area contributed by atoms with Crippen LogP contribution < -0.4 is 10.1 Å². The molecule has 0 atom stereocenters. The fraction of sp³-hybridized carbons (Fsp3) is 0.222. The molecule has 0 aliphatic carbocycles. The van der Waals surface area contributed by atoms with E-state index in [0.29, 0.717) is 18.2 Å². The van der Waals surface area contributed by atoms with Crippen molar-refractivity contribution in [2.24, 2.45) is 0 Å². The van der Waals surface area contributed by atoms with Crippen molar-refractivity contribution in [3.8, 4) is 5.75 Å². The number of ether oxygens (including phenoxy) is 1. The SMILES string of the molecule is CCc1ccc2nc(NC(=O)CCOc3ccccc3)sc2c1. The summed E-state index contributed by atoms with van der Waals surface area (Å²) >= 11 is 1.50. The van der Waals surface area contributed by atoms with E-state index in [9.17, 15) is 4.79 Å². The van der Waals surface area contributed by atoms with Crippen molar-refractivity contribution in [2.45, 2.75) is 19.8 Å². The molecule has 3 rings (SSSR count). The highest BCUT2D eigenvalue weighted by molar-refractivity contribution is 7.22. The third kappa shape index (κ3) is 4.07. The van der Waals surface area contributed by atoms with E-state index in [4.69, 9.17) is 4.74 Å². The van der Waals surface area contributed by atoms with Gasteiger partial charge in [-0.25, -0.2) is 4.98 Å². The zero-order valence-corrected chi connectivity index (χ0v) is 13.7. The Morgan fingerprint density at radius 1 is 1.22 bits per heavy atom. The van der Waals surface area contributed by atoms with Crippen molar-refractivity contribution in [3.63, 3.8) is 0 Å². The molecule has 1 aromatic heterocycles. The number of anilines is 1. The molecule has 1 N–H and O–H groups in total. The summed E-state index contributed by atoms with van der Waals surface area (Å²) < 4.78 is 6.62. The van der Waals surface area contributed by atoms with E-state index in [1.54, 1.807) is 0 Å². The summed E-state index contributed by atoms with van der Waals surface area (Å²) in [5.74, 6) is 0.683. The van der Waals surface area contributed by atoms with E-state index in [1.807, 2.05) is 36.4 Å². The standard InChI is InChI=1S/C18H18N2O2S/c1-2-13-8-9-15-16(12-13)23-18(19-15)20-17(21)10-11-22-14-6-4-3-5-7-14/h3-9,12H,2,10-11H2,1H3,(H,19,20,21). The molecular formula is C18H18N2O2S. The quantitative estimate of drug-likeness (QED) is 0.736. The Morgan fingerprint density at radius 2 is 2.04 bits per heavy atom. The molecule has 0 fully saturated rings. The lowest BCUT2D eigenvalue weighted by Crippen LogP contribution is -2.14. The predicted octanol–water partition coefficient (Wildman–Crippen LogP) is 4.27. The van der Waals surface area contributed by atoms with Gasteiger partial charge in [-0.1, -0.05) is 42.5 Å². The maximum atomic E-state index is 12.0. The van der Waals surface area contributed by atoms with Gasteiger partial charge in [0.15, 0.2) is 5.13 Å². The maximum absolute atomic E-state index is 12.0. The first kappa shape index (κ1) is 15.5. The Hall–Kier alpha value is -2.40. The molecule has 5 heteroatoms. The van der Waals surface area contributed by atoms with Crippen LogP contribution in [0.2, 0.25) is 0 Å². The Bertz CT molecular complexity index is 799. The van der Waals surface area contributed by atoms with Crippen LogP contribution in [0.4, 0.5) is 5.13 Å². The number of aromatic nitrogens is 1. The lowest BCUT2D eigenvalue weighted by Gasteiger charge is -2.05. The van der Waals surface area contributed by atoms with Crippen LogP contribution >= 0.6 is 11.3 Å². The first-order chi connectivity index (χ1) is 11.2. The van der Waals surface area contributed by atoms with Gasteiger partial charge in [0.05, 0.1) is 23.2 Å². The van der Waals surface area contributed by atoms with Gasteiger partial charge in [0.25, 0.3) is 0 Å². The van der Waals surface area contributed by atoms with Crippen LogP contribution in [-0.4, -0.2) is 17.5 Å². The smallest absolute Gasteiger partial charge is 0.229 e. The topological polar surface area (TPSA) is 51.2 Å². The molecule has 0 saturated heterocycles. The van der Waals surface area contributed by atoms with Crippen LogP contribution in [0, 0.1) is 0 Å². The van der Waals surface area contributed by atoms with Crippen molar-refractivity contribution in [1.82, 2.24) is 4.98 Å². The summed E-state index contributed by atoms with van der Waals surface area (Å²) in [6.45, 7) is 2.47. The number of fused-ring (bicyclic) bond motifs is 1. The number of nitrogens with zero attached hydrogens (tertiary/aromatic N) is 1. The van der Waals surface area contributed by atoms with Crippen LogP contribution in [0.1, 0.15) is 18.9 Å². The molecule has 0 radical (unpaired) electrons. The Balaban J connectivity index is 1.55. The highest BCUT2D eigenvalue weighted by Gasteiger charge is 2.08. The highest BCUT2D eigenvalue weighted by atomic mass is 32.1. The molecule has 3 aromatic rings. The van der Waals surface area contributed by atoms with Gasteiger partial charge in [0.1, 0.15) is 5.75 Å². The van der Waals surface area contributed by atoms with Crippen molar-refractivity contribution in [3.05, 3.63) is 54.1 Å².